The summed E-state index contributed by atoms with van der Waals surface area (Å²) in [6, 6.07) is 1.76. The van der Waals surface area contributed by atoms with Crippen LogP contribution in [0.15, 0.2) is 10.5 Å². The number of carbonyl (C=O) groups excluding carboxylic acids is 1. The Morgan fingerprint density at radius 2 is 2.24 bits per heavy atom. The standard InChI is InChI=1S/C13H19NO3/c1-9-7-11(10(2)17-9)12(15)14-6-4-5-13(3,16)8-14/h7,16H,4-6,8H2,1-3H3. The summed E-state index contributed by atoms with van der Waals surface area (Å²) >= 11 is 0. The average molecular weight is 237 g/mol. The molecule has 1 aromatic rings. The highest BCUT2D eigenvalue weighted by atomic mass is 16.3. The van der Waals surface area contributed by atoms with Gasteiger partial charge in [0.15, 0.2) is 0 Å². The number of hydrogen-bond acceptors (Lipinski definition) is 3. The molecule has 17 heavy (non-hydrogen) atoms. The van der Waals surface area contributed by atoms with Crippen LogP contribution in [-0.4, -0.2) is 34.6 Å². The van der Waals surface area contributed by atoms with Crippen molar-refractivity contribution < 1.29 is 14.3 Å². The number of likely N-dealkylation sites (tertiary alicyclic amines) is 1. The maximum absolute atomic E-state index is 12.3. The van der Waals surface area contributed by atoms with E-state index in [9.17, 15) is 9.90 Å². The van der Waals surface area contributed by atoms with Gasteiger partial charge in [0.1, 0.15) is 11.5 Å². The third-order valence-electron chi connectivity index (χ3n) is 3.23. The Labute approximate surface area is 101 Å². The van der Waals surface area contributed by atoms with E-state index in [1.807, 2.05) is 6.92 Å². The molecule has 1 aliphatic heterocycles. The Hall–Kier alpha value is -1.29. The number of aliphatic hydroxyl groups is 1. The van der Waals surface area contributed by atoms with Crippen molar-refractivity contribution in [3.8, 4) is 0 Å². The highest BCUT2D eigenvalue weighted by Crippen LogP contribution is 2.23. The fourth-order valence-electron chi connectivity index (χ4n) is 2.41. The molecule has 1 fully saturated rings. The van der Waals surface area contributed by atoms with Crippen molar-refractivity contribution in [2.45, 2.75) is 39.2 Å². The summed E-state index contributed by atoms with van der Waals surface area (Å²) in [7, 11) is 0. The van der Waals surface area contributed by atoms with Crippen LogP contribution >= 0.6 is 0 Å². The molecular formula is C13H19NO3. The molecular weight excluding hydrogens is 218 g/mol. The Morgan fingerprint density at radius 3 is 2.76 bits per heavy atom. The summed E-state index contributed by atoms with van der Waals surface area (Å²) in [4.78, 5) is 14.0. The number of piperidine rings is 1. The summed E-state index contributed by atoms with van der Waals surface area (Å²) < 4.78 is 5.37. The molecule has 94 valence electrons. The van der Waals surface area contributed by atoms with Gasteiger partial charge in [-0.25, -0.2) is 0 Å². The Balaban J connectivity index is 2.18. The maximum Gasteiger partial charge on any atom is 0.257 e. The number of furan rings is 1. The fourth-order valence-corrected chi connectivity index (χ4v) is 2.41. The predicted octanol–water partition coefficient (Wildman–Crippen LogP) is 1.88. The number of β-amino-alcohol motifs (C(OH)–C–C–N with tert-alkyl or cyclic N) is 1. The third kappa shape index (κ3) is 2.52. The van der Waals surface area contributed by atoms with Crippen molar-refractivity contribution in [3.63, 3.8) is 0 Å². The van der Waals surface area contributed by atoms with Gasteiger partial charge < -0.3 is 14.4 Å². The third-order valence-corrected chi connectivity index (χ3v) is 3.23. The van der Waals surface area contributed by atoms with Crippen LogP contribution < -0.4 is 0 Å². The molecule has 1 atom stereocenters. The highest BCUT2D eigenvalue weighted by molar-refractivity contribution is 5.95. The Morgan fingerprint density at radius 1 is 1.53 bits per heavy atom. The molecule has 1 aromatic heterocycles. The summed E-state index contributed by atoms with van der Waals surface area (Å²) in [6.45, 7) is 6.51. The zero-order chi connectivity index (χ0) is 12.6. The van der Waals surface area contributed by atoms with E-state index >= 15 is 0 Å². The van der Waals surface area contributed by atoms with Crippen LogP contribution in [0.1, 0.15) is 41.6 Å². The van der Waals surface area contributed by atoms with Crippen molar-refractivity contribution in [3.05, 3.63) is 23.2 Å². The van der Waals surface area contributed by atoms with Crippen molar-refractivity contribution in [1.82, 2.24) is 4.90 Å². The van der Waals surface area contributed by atoms with E-state index in [4.69, 9.17) is 4.42 Å². The van der Waals surface area contributed by atoms with Crippen LogP contribution in [0.3, 0.4) is 0 Å². The van der Waals surface area contributed by atoms with E-state index in [2.05, 4.69) is 0 Å². The molecule has 0 bridgehead atoms. The molecule has 2 rings (SSSR count). The molecule has 0 aromatic carbocycles. The minimum atomic E-state index is -0.763. The largest absolute Gasteiger partial charge is 0.466 e. The Kier molecular flexibility index (Phi) is 3.00. The van der Waals surface area contributed by atoms with Gasteiger partial charge in [0.25, 0.3) is 5.91 Å². The number of rotatable bonds is 1. The summed E-state index contributed by atoms with van der Waals surface area (Å²) in [5, 5.41) is 10.00. The molecule has 4 heteroatoms. The maximum atomic E-state index is 12.3. The zero-order valence-electron chi connectivity index (χ0n) is 10.6. The van der Waals surface area contributed by atoms with Crippen LogP contribution in [-0.2, 0) is 0 Å². The van der Waals surface area contributed by atoms with E-state index in [1.54, 1.807) is 24.8 Å². The van der Waals surface area contributed by atoms with Gasteiger partial charge in [-0.2, -0.15) is 0 Å². The van der Waals surface area contributed by atoms with Gasteiger partial charge in [-0.3, -0.25) is 4.79 Å². The molecule has 1 amide bonds. The van der Waals surface area contributed by atoms with Gasteiger partial charge in [-0.05, 0) is 39.7 Å². The van der Waals surface area contributed by atoms with Gasteiger partial charge in [0, 0.05) is 13.1 Å². The normalized spacial score (nSPS) is 25.1. The van der Waals surface area contributed by atoms with E-state index in [0.717, 1.165) is 18.6 Å². The van der Waals surface area contributed by atoms with Gasteiger partial charge in [-0.1, -0.05) is 0 Å². The lowest BCUT2D eigenvalue weighted by molar-refractivity contribution is -0.0108. The lowest BCUT2D eigenvalue weighted by Crippen LogP contribution is -2.48. The van der Waals surface area contributed by atoms with Gasteiger partial charge in [-0.15, -0.1) is 0 Å². The first-order chi connectivity index (χ1) is 7.89. The monoisotopic (exact) mass is 237 g/mol. The quantitative estimate of drug-likeness (QED) is 0.811. The number of carbonyl (C=O) groups is 1. The number of nitrogens with zero attached hydrogens (tertiary/aromatic N) is 1. The van der Waals surface area contributed by atoms with E-state index < -0.39 is 5.60 Å². The molecule has 1 N–H and O–H groups in total. The Bertz CT molecular complexity index is 434. The van der Waals surface area contributed by atoms with Crippen molar-refractivity contribution in [1.29, 1.82) is 0 Å². The fraction of sp³-hybridized carbons (Fsp3) is 0.615. The highest BCUT2D eigenvalue weighted by Gasteiger charge is 2.32. The molecule has 1 saturated heterocycles. The topological polar surface area (TPSA) is 53.7 Å². The summed E-state index contributed by atoms with van der Waals surface area (Å²) in [6.07, 6.45) is 1.59. The van der Waals surface area contributed by atoms with Crippen molar-refractivity contribution in [2.75, 3.05) is 13.1 Å². The molecule has 0 aliphatic carbocycles. The second kappa shape index (κ2) is 4.18. The van der Waals surface area contributed by atoms with Crippen molar-refractivity contribution in [2.24, 2.45) is 0 Å². The lowest BCUT2D eigenvalue weighted by atomic mass is 9.94. The zero-order valence-corrected chi connectivity index (χ0v) is 10.6. The molecule has 1 aliphatic rings. The number of hydrogen-bond donors (Lipinski definition) is 1. The summed E-state index contributed by atoms with van der Waals surface area (Å²) in [5.41, 5.74) is -0.152. The second-order valence-electron chi connectivity index (χ2n) is 5.15. The van der Waals surface area contributed by atoms with E-state index in [-0.39, 0.29) is 5.91 Å². The summed E-state index contributed by atoms with van der Waals surface area (Å²) in [5.74, 6) is 1.35. The molecule has 0 saturated carbocycles. The second-order valence-corrected chi connectivity index (χ2v) is 5.15. The van der Waals surface area contributed by atoms with Gasteiger partial charge in [0.05, 0.1) is 11.2 Å². The molecule has 4 nitrogen and oxygen atoms in total. The first-order valence-electron chi connectivity index (χ1n) is 5.98. The molecule has 2 heterocycles. The van der Waals surface area contributed by atoms with E-state index in [1.165, 1.54) is 0 Å². The van der Waals surface area contributed by atoms with Crippen LogP contribution in [0, 0.1) is 13.8 Å². The minimum Gasteiger partial charge on any atom is -0.466 e. The van der Waals surface area contributed by atoms with Crippen LogP contribution in [0.4, 0.5) is 0 Å². The SMILES string of the molecule is Cc1cc(C(=O)N2CCCC(C)(O)C2)c(C)o1. The van der Waals surface area contributed by atoms with Crippen LogP contribution in [0.25, 0.3) is 0 Å². The average Bonchev–Trinajstić information content (AvgIpc) is 2.55. The van der Waals surface area contributed by atoms with E-state index in [0.29, 0.717) is 24.4 Å². The lowest BCUT2D eigenvalue weighted by Gasteiger charge is -2.36. The molecule has 1 unspecified atom stereocenters. The smallest absolute Gasteiger partial charge is 0.257 e. The molecule has 0 spiro atoms. The first-order valence-corrected chi connectivity index (χ1v) is 5.98. The van der Waals surface area contributed by atoms with Crippen molar-refractivity contribution >= 4 is 5.91 Å². The van der Waals surface area contributed by atoms with Gasteiger partial charge in [0.2, 0.25) is 0 Å². The van der Waals surface area contributed by atoms with Crippen LogP contribution in [0.5, 0.6) is 0 Å². The first kappa shape index (κ1) is 12.2. The van der Waals surface area contributed by atoms with Crippen LogP contribution in [0.2, 0.25) is 0 Å². The number of amides is 1. The number of aryl methyl sites for hydroxylation is 2. The predicted molar refractivity (Wildman–Crippen MR) is 63.9 cm³/mol. The molecule has 0 radical (unpaired) electrons. The van der Waals surface area contributed by atoms with Gasteiger partial charge >= 0.3 is 0 Å². The minimum absolute atomic E-state index is 0.0423.